The van der Waals surface area contributed by atoms with Crippen LogP contribution in [-0.4, -0.2) is 36.3 Å². The van der Waals surface area contributed by atoms with Gasteiger partial charge in [0.25, 0.3) is 0 Å². The van der Waals surface area contributed by atoms with Gasteiger partial charge in [-0.15, -0.1) is 0 Å². The second kappa shape index (κ2) is 10.1. The average Bonchev–Trinajstić information content (AvgIpc) is 3.16. The third-order valence-electron chi connectivity index (χ3n) is 6.61. The summed E-state index contributed by atoms with van der Waals surface area (Å²) in [5.41, 5.74) is 3.95. The number of esters is 2. The smallest absolute Gasteiger partial charge is 0.337 e. The maximum atomic E-state index is 13.1. The third-order valence-corrected chi connectivity index (χ3v) is 6.61. The van der Waals surface area contributed by atoms with Crippen molar-refractivity contribution in [1.82, 2.24) is 4.57 Å². The van der Waals surface area contributed by atoms with Crippen molar-refractivity contribution in [2.75, 3.05) is 14.2 Å². The van der Waals surface area contributed by atoms with E-state index in [9.17, 15) is 9.59 Å². The number of fused-ring (bicyclic) bond motifs is 1. The largest absolute Gasteiger partial charge is 0.497 e. The Bertz CT molecular complexity index is 1210. The normalized spacial score (nSPS) is 14.7. The first kappa shape index (κ1) is 24.8. The van der Waals surface area contributed by atoms with Gasteiger partial charge < -0.3 is 18.8 Å². The molecule has 0 spiro atoms. The van der Waals surface area contributed by atoms with E-state index in [4.69, 9.17) is 14.2 Å². The quantitative estimate of drug-likeness (QED) is 0.380. The van der Waals surface area contributed by atoms with Crippen LogP contribution in [0.4, 0.5) is 0 Å². The lowest BCUT2D eigenvalue weighted by Crippen LogP contribution is -2.26. The number of aromatic nitrogens is 1. The van der Waals surface area contributed by atoms with Gasteiger partial charge >= 0.3 is 11.9 Å². The zero-order valence-corrected chi connectivity index (χ0v) is 21.3. The molecule has 0 aliphatic heterocycles. The van der Waals surface area contributed by atoms with Crippen LogP contribution in [0.25, 0.3) is 22.2 Å². The van der Waals surface area contributed by atoms with Crippen LogP contribution in [0.3, 0.4) is 0 Å². The summed E-state index contributed by atoms with van der Waals surface area (Å²) < 4.78 is 18.1. The van der Waals surface area contributed by atoms with Crippen molar-refractivity contribution >= 4 is 22.8 Å². The van der Waals surface area contributed by atoms with E-state index in [2.05, 4.69) is 0 Å². The maximum Gasteiger partial charge on any atom is 0.337 e. The van der Waals surface area contributed by atoms with Gasteiger partial charge in [-0.25, -0.2) is 4.79 Å². The highest BCUT2D eigenvalue weighted by Crippen LogP contribution is 2.44. The summed E-state index contributed by atoms with van der Waals surface area (Å²) in [6.45, 7) is 5.65. The molecule has 1 heterocycles. The lowest BCUT2D eigenvalue weighted by atomic mass is 9.82. The van der Waals surface area contributed by atoms with Crippen LogP contribution in [-0.2, 0) is 20.8 Å². The number of carbonyl (C=O) groups excluding carboxylic acids is 2. The van der Waals surface area contributed by atoms with Crippen LogP contribution in [0, 0.1) is 0 Å². The molecule has 0 N–H and O–H groups in total. The Labute approximate surface area is 207 Å². The van der Waals surface area contributed by atoms with Gasteiger partial charge in [0.2, 0.25) is 0 Å². The zero-order chi connectivity index (χ0) is 25.2. The van der Waals surface area contributed by atoms with E-state index >= 15 is 0 Å². The van der Waals surface area contributed by atoms with Gasteiger partial charge in [0.15, 0.2) is 0 Å². The number of nitrogens with zero attached hydrogens (tertiary/aromatic N) is 1. The van der Waals surface area contributed by atoms with Crippen LogP contribution in [0.2, 0.25) is 0 Å². The molecule has 1 aliphatic carbocycles. The minimum atomic E-state index is -0.594. The lowest BCUT2D eigenvalue weighted by Gasteiger charge is -2.24. The molecule has 35 heavy (non-hydrogen) atoms. The Morgan fingerprint density at radius 1 is 0.971 bits per heavy atom. The summed E-state index contributed by atoms with van der Waals surface area (Å²) in [7, 11) is 3.03. The molecule has 0 saturated heterocycles. The second-order valence-corrected chi connectivity index (χ2v) is 10.2. The van der Waals surface area contributed by atoms with E-state index in [1.807, 2.05) is 67.8 Å². The van der Waals surface area contributed by atoms with Crippen LogP contribution in [0.15, 0.2) is 42.5 Å². The number of carbonyl (C=O) groups is 2. The average molecular weight is 478 g/mol. The van der Waals surface area contributed by atoms with Crippen molar-refractivity contribution in [2.24, 2.45) is 0 Å². The van der Waals surface area contributed by atoms with Crippen LogP contribution in [0.1, 0.15) is 74.7 Å². The van der Waals surface area contributed by atoms with Gasteiger partial charge in [0.05, 0.1) is 31.0 Å². The number of hydrogen-bond acceptors (Lipinski definition) is 5. The standard InChI is InChI=1S/C29H35NO5/c1-29(2,3)35-25(31)18-30-24-17-21(28(32)34-5)13-16-23(24)26(19-9-7-6-8-10-19)27(30)20-11-14-22(33-4)15-12-20/h11-17,19H,6-10,18H2,1-5H3. The topological polar surface area (TPSA) is 66.8 Å². The summed E-state index contributed by atoms with van der Waals surface area (Å²) in [5, 5.41) is 1.07. The molecule has 0 unspecified atom stereocenters. The van der Waals surface area contributed by atoms with Crippen LogP contribution < -0.4 is 4.74 Å². The van der Waals surface area contributed by atoms with Crippen molar-refractivity contribution in [2.45, 2.75) is 70.9 Å². The molecule has 186 valence electrons. The number of methoxy groups -OCH3 is 2. The summed E-state index contributed by atoms with van der Waals surface area (Å²) in [4.78, 5) is 25.4. The highest BCUT2D eigenvalue weighted by atomic mass is 16.6. The van der Waals surface area contributed by atoms with Gasteiger partial charge in [-0.1, -0.05) is 25.3 Å². The fourth-order valence-corrected chi connectivity index (χ4v) is 5.15. The fourth-order valence-electron chi connectivity index (χ4n) is 5.15. The monoisotopic (exact) mass is 477 g/mol. The highest BCUT2D eigenvalue weighted by Gasteiger charge is 2.29. The van der Waals surface area contributed by atoms with Crippen LogP contribution in [0.5, 0.6) is 5.75 Å². The van der Waals surface area contributed by atoms with E-state index < -0.39 is 11.6 Å². The SMILES string of the molecule is COC(=O)c1ccc2c(C3CCCCC3)c(-c3ccc(OC)cc3)n(CC(=O)OC(C)(C)C)c2c1. The minimum absolute atomic E-state index is 0.0481. The molecule has 4 rings (SSSR count). The molecule has 6 heteroatoms. The molecule has 1 saturated carbocycles. The first-order chi connectivity index (χ1) is 16.7. The van der Waals surface area contributed by atoms with Gasteiger partial charge in [-0.3, -0.25) is 4.79 Å². The summed E-state index contributed by atoms with van der Waals surface area (Å²) >= 11 is 0. The molecule has 1 aliphatic rings. The Kier molecular flexibility index (Phi) is 7.20. The zero-order valence-electron chi connectivity index (χ0n) is 21.3. The predicted molar refractivity (Wildman–Crippen MR) is 137 cm³/mol. The Morgan fingerprint density at radius 3 is 2.26 bits per heavy atom. The molecule has 0 radical (unpaired) electrons. The number of ether oxygens (including phenoxy) is 3. The second-order valence-electron chi connectivity index (χ2n) is 10.2. The van der Waals surface area contributed by atoms with Crippen molar-refractivity contribution in [1.29, 1.82) is 0 Å². The first-order valence-electron chi connectivity index (χ1n) is 12.3. The lowest BCUT2D eigenvalue weighted by molar-refractivity contribution is -0.155. The van der Waals surface area contributed by atoms with Crippen molar-refractivity contribution in [3.8, 4) is 17.0 Å². The first-order valence-corrected chi connectivity index (χ1v) is 12.3. The molecule has 3 aromatic rings. The molecule has 0 amide bonds. The molecule has 1 fully saturated rings. The van der Waals surface area contributed by atoms with E-state index in [-0.39, 0.29) is 12.5 Å². The third kappa shape index (κ3) is 5.37. The summed E-state index contributed by atoms with van der Waals surface area (Å²) in [6.07, 6.45) is 5.83. The molecule has 0 atom stereocenters. The Balaban J connectivity index is 1.97. The number of hydrogen-bond donors (Lipinski definition) is 0. The maximum absolute atomic E-state index is 13.1. The molecule has 1 aromatic heterocycles. The minimum Gasteiger partial charge on any atom is -0.497 e. The Morgan fingerprint density at radius 2 is 1.66 bits per heavy atom. The van der Waals surface area contributed by atoms with E-state index in [0.29, 0.717) is 11.5 Å². The predicted octanol–water partition coefficient (Wildman–Crippen LogP) is 6.49. The summed E-state index contributed by atoms with van der Waals surface area (Å²) in [6, 6.07) is 13.6. The fraction of sp³-hybridized carbons (Fsp3) is 0.448. The molecule has 6 nitrogen and oxygen atoms in total. The van der Waals surface area contributed by atoms with Gasteiger partial charge in [-0.2, -0.15) is 0 Å². The van der Waals surface area contributed by atoms with E-state index in [0.717, 1.165) is 40.8 Å². The van der Waals surface area contributed by atoms with E-state index in [1.165, 1.54) is 31.9 Å². The van der Waals surface area contributed by atoms with Crippen molar-refractivity contribution in [3.63, 3.8) is 0 Å². The van der Waals surface area contributed by atoms with Crippen LogP contribution >= 0.6 is 0 Å². The van der Waals surface area contributed by atoms with Crippen molar-refractivity contribution in [3.05, 3.63) is 53.6 Å². The molecular weight excluding hydrogens is 442 g/mol. The highest BCUT2D eigenvalue weighted by molar-refractivity contribution is 5.99. The number of rotatable bonds is 6. The van der Waals surface area contributed by atoms with E-state index in [1.54, 1.807) is 7.11 Å². The number of benzene rings is 2. The van der Waals surface area contributed by atoms with Gasteiger partial charge in [0, 0.05) is 5.39 Å². The Hall–Kier alpha value is -3.28. The molecule has 0 bridgehead atoms. The molecule has 2 aromatic carbocycles. The van der Waals surface area contributed by atoms with Gasteiger partial charge in [0.1, 0.15) is 17.9 Å². The molecular formula is C29H35NO5. The summed E-state index contributed by atoms with van der Waals surface area (Å²) in [5.74, 6) is 0.438. The van der Waals surface area contributed by atoms with Crippen molar-refractivity contribution < 1.29 is 23.8 Å². The van der Waals surface area contributed by atoms with Gasteiger partial charge in [-0.05, 0) is 87.1 Å².